The Kier molecular flexibility index (Phi) is 11.9. The third-order valence-electron chi connectivity index (χ3n) is 24.7. The molecule has 0 aromatic carbocycles. The molecule has 18 rings (SSSR count). The average Bonchev–Trinajstić information content (AvgIpc) is 1.41. The van der Waals surface area contributed by atoms with E-state index >= 15 is 0 Å². The number of esters is 24. The van der Waals surface area contributed by atoms with Crippen LogP contribution in [0.15, 0.2) is 0 Å². The number of cyclic esters (lactones) is 24. The Bertz CT molecular complexity index is 3800. The SMILES string of the molecule is CC12C(=O)OC(=O)C1(C)C1C(=O)OC(=O)C12.CC12C(=O)OC(=O)C1C1(C)C(=O)OC(=O)C21.CC12C(=O)OC(=O)C1C1(C)C(=O)OC(=O)C21C.CC12C(=O)OC(=O)C1C1C(=O)OC(=O)C12.CC12C(=O)OC(=O)C1C1C(=O)OC(=O)C12C.O=C1OC(=O)C2C1C1C(=O)OC(=O)C21. The number of fused-ring (bicyclic) bond motifs is 24. The summed E-state index contributed by atoms with van der Waals surface area (Å²) in [5.41, 5.74) is -12.5. The van der Waals surface area contributed by atoms with Crippen molar-refractivity contribution in [1.29, 1.82) is 0 Å². The second kappa shape index (κ2) is 17.9. The summed E-state index contributed by atoms with van der Waals surface area (Å²) < 4.78 is 53.8. The lowest BCUT2D eigenvalue weighted by atomic mass is 9.34. The van der Waals surface area contributed by atoms with Crippen molar-refractivity contribution >= 4 is 143 Å². The van der Waals surface area contributed by atoms with Crippen LogP contribution in [0.2, 0.25) is 0 Å². The largest absolute Gasteiger partial charge is 0.393 e. The zero-order chi connectivity index (χ0) is 69.4. The zero-order valence-electron chi connectivity index (χ0n) is 49.8. The smallest absolute Gasteiger partial charge is 0.321 e. The highest BCUT2D eigenvalue weighted by molar-refractivity contribution is 6.19. The maximum Gasteiger partial charge on any atom is 0.321 e. The predicted octanol–water partition coefficient (Wildman–Crippen LogP) is -4.31. The van der Waals surface area contributed by atoms with Crippen LogP contribution in [-0.2, 0) is 172 Å². The van der Waals surface area contributed by atoms with Crippen LogP contribution in [0.5, 0.6) is 0 Å². The summed E-state index contributed by atoms with van der Waals surface area (Å²) in [6.45, 7) is 14.7. The van der Waals surface area contributed by atoms with Crippen molar-refractivity contribution in [2.45, 2.75) is 69.2 Å². The van der Waals surface area contributed by atoms with Crippen LogP contribution in [0.4, 0.5) is 0 Å². The molecule has 12 heterocycles. The molecule has 0 aromatic heterocycles. The quantitative estimate of drug-likeness (QED) is 0.126. The van der Waals surface area contributed by atoms with Crippen LogP contribution < -0.4 is 0 Å². The molecule has 0 radical (unpaired) electrons. The Morgan fingerprint density at radius 3 is 0.766 bits per heavy atom. The molecule has 0 spiro atoms. The van der Waals surface area contributed by atoms with Gasteiger partial charge in [0.2, 0.25) is 0 Å². The van der Waals surface area contributed by atoms with E-state index in [1.165, 1.54) is 69.2 Å². The van der Waals surface area contributed by atoms with Crippen LogP contribution in [0.1, 0.15) is 69.2 Å². The summed E-state index contributed by atoms with van der Waals surface area (Å²) in [6.07, 6.45) is 0. The van der Waals surface area contributed by atoms with E-state index in [1.54, 1.807) is 0 Å². The molecule has 36 heteroatoms. The maximum atomic E-state index is 11.8. The van der Waals surface area contributed by atoms with E-state index in [0.717, 1.165) is 0 Å². The molecule has 36 nitrogen and oxygen atoms in total. The number of hydrogen-bond acceptors (Lipinski definition) is 36. The summed E-state index contributed by atoms with van der Waals surface area (Å²) in [4.78, 5) is 275. The molecular formula is C58H44O36. The average molecular weight is 1320 g/mol. The van der Waals surface area contributed by atoms with Gasteiger partial charge in [-0.05, 0) is 69.2 Å². The van der Waals surface area contributed by atoms with Gasteiger partial charge in [0, 0.05) is 0 Å². The Morgan fingerprint density at radius 1 is 0.181 bits per heavy atom. The molecule has 6 aliphatic carbocycles. The summed E-state index contributed by atoms with van der Waals surface area (Å²) in [7, 11) is 0. The van der Waals surface area contributed by atoms with Gasteiger partial charge in [-0.2, -0.15) is 0 Å². The monoisotopic (exact) mass is 1320 g/mol. The molecule has 0 aromatic rings. The number of carbonyl (C=O) groups excluding carboxylic acids is 24. The maximum absolute atomic E-state index is 11.8. The summed E-state index contributed by atoms with van der Waals surface area (Å²) in [5, 5.41) is 0. The van der Waals surface area contributed by atoms with Crippen molar-refractivity contribution in [3.63, 3.8) is 0 Å². The molecule has 492 valence electrons. The van der Waals surface area contributed by atoms with Gasteiger partial charge in [-0.3, -0.25) is 115 Å². The van der Waals surface area contributed by atoms with Crippen molar-refractivity contribution in [3.8, 4) is 0 Å². The van der Waals surface area contributed by atoms with Crippen molar-refractivity contribution in [2.75, 3.05) is 0 Å². The normalized spacial score (nSPS) is 48.6. The topological polar surface area (TPSA) is 520 Å². The molecule has 18 fully saturated rings. The molecule has 18 aliphatic rings. The Morgan fingerprint density at radius 2 is 0.394 bits per heavy atom. The van der Waals surface area contributed by atoms with E-state index in [2.05, 4.69) is 56.8 Å². The fourth-order valence-corrected chi connectivity index (χ4v) is 18.7. The van der Waals surface area contributed by atoms with Gasteiger partial charge < -0.3 is 56.8 Å². The summed E-state index contributed by atoms with van der Waals surface area (Å²) in [5.74, 6) is -29.5. The molecule has 0 N–H and O–H groups in total. The van der Waals surface area contributed by atoms with Gasteiger partial charge in [-0.15, -0.1) is 0 Å². The van der Waals surface area contributed by atoms with E-state index in [1.807, 2.05) is 0 Å². The van der Waals surface area contributed by atoms with E-state index < -0.39 is 280 Å². The molecule has 6 saturated carbocycles. The second-order valence-corrected chi connectivity index (χ2v) is 27.5. The first-order valence-electron chi connectivity index (χ1n) is 28.5. The van der Waals surface area contributed by atoms with E-state index in [4.69, 9.17) is 0 Å². The Balaban J connectivity index is 0.000000103. The first kappa shape index (κ1) is 62.5. The summed E-state index contributed by atoms with van der Waals surface area (Å²) in [6, 6.07) is 0. The molecular weight excluding hydrogens is 1270 g/mol. The fraction of sp³-hybridized carbons (Fsp3) is 0.586. The highest BCUT2D eigenvalue weighted by Crippen LogP contribution is 2.78. The second-order valence-electron chi connectivity index (χ2n) is 27.5. The van der Waals surface area contributed by atoms with Crippen LogP contribution in [0.25, 0.3) is 0 Å². The van der Waals surface area contributed by atoms with Crippen LogP contribution in [-0.4, -0.2) is 143 Å². The van der Waals surface area contributed by atoms with Crippen LogP contribution in [0, 0.1) is 137 Å². The highest BCUT2D eigenvalue weighted by atomic mass is 16.6. The van der Waals surface area contributed by atoms with Crippen molar-refractivity contribution in [1.82, 2.24) is 0 Å². The highest BCUT2D eigenvalue weighted by Gasteiger charge is 2.93. The zero-order valence-corrected chi connectivity index (χ0v) is 49.8. The van der Waals surface area contributed by atoms with Crippen LogP contribution >= 0.6 is 0 Å². The molecule has 12 saturated heterocycles. The first-order valence-corrected chi connectivity index (χ1v) is 28.5. The van der Waals surface area contributed by atoms with Crippen LogP contribution in [0.3, 0.4) is 0 Å². The molecule has 0 bridgehead atoms. The van der Waals surface area contributed by atoms with Gasteiger partial charge in [0.25, 0.3) is 0 Å². The van der Waals surface area contributed by atoms with Gasteiger partial charge in [0.15, 0.2) is 0 Å². The third kappa shape index (κ3) is 6.16. The minimum absolute atomic E-state index is 0.715. The van der Waals surface area contributed by atoms with Crippen molar-refractivity contribution < 1.29 is 172 Å². The first-order chi connectivity index (χ1) is 43.3. The molecule has 16 atom stereocenters. The third-order valence-corrected chi connectivity index (χ3v) is 24.7. The Labute approximate surface area is 520 Å². The molecule has 12 aliphatic heterocycles. The number of rotatable bonds is 0. The number of hydrogen-bond donors (Lipinski definition) is 0. The predicted molar refractivity (Wildman–Crippen MR) is 263 cm³/mol. The van der Waals surface area contributed by atoms with E-state index in [-0.39, 0.29) is 0 Å². The minimum Gasteiger partial charge on any atom is -0.393 e. The van der Waals surface area contributed by atoms with Gasteiger partial charge in [-0.25, -0.2) is 0 Å². The molecule has 94 heavy (non-hydrogen) atoms. The number of carbonyl (C=O) groups is 24. The summed E-state index contributed by atoms with van der Waals surface area (Å²) >= 11 is 0. The molecule has 16 unspecified atom stereocenters. The lowest BCUT2D eigenvalue weighted by Gasteiger charge is -2.58. The molecule has 0 amide bonds. The van der Waals surface area contributed by atoms with Gasteiger partial charge >= 0.3 is 143 Å². The lowest BCUT2D eigenvalue weighted by molar-refractivity contribution is -0.208. The Hall–Kier alpha value is -10.3. The van der Waals surface area contributed by atoms with Gasteiger partial charge in [0.05, 0.1) is 137 Å². The standard InChI is InChI=1S/C11H10O6.3C10H8O6.C9H6O6.C8H4O6/c1-9-4(5(12)16-6(9)13)10(2)7(14)17-8(15)11(9,10)3;1-9-3(5(11)15-7(9)13)10(2)4(9)6(12)16-8(10)14;1-9-3(5(11)15-7(9)13)4-6(12)16-8(14)10(4,9)2;1-9-3-4(6(12)15-5(3)11)10(9,2)8(14)16-7(9)13;1-9-3-2(5(10)14-6(3)11)4(9)7(12)15-8(9)13;9-5-1-2(6(10)13-5)4-3(1)7(11)14-8(4)12/h4H,1-3H3;3*3-4H,1-2H3;2-4H,1H3;1-4H. The van der Waals surface area contributed by atoms with Crippen molar-refractivity contribution in [3.05, 3.63) is 0 Å². The van der Waals surface area contributed by atoms with Gasteiger partial charge in [0.1, 0.15) is 0 Å². The van der Waals surface area contributed by atoms with Crippen molar-refractivity contribution in [2.24, 2.45) is 137 Å². The number of ether oxygens (including phenoxy) is 12. The van der Waals surface area contributed by atoms with E-state index in [0.29, 0.717) is 0 Å². The van der Waals surface area contributed by atoms with E-state index in [9.17, 15) is 115 Å². The fourth-order valence-electron chi connectivity index (χ4n) is 18.7. The minimum atomic E-state index is -1.31. The lowest BCUT2D eigenvalue weighted by Crippen LogP contribution is -2.72. The van der Waals surface area contributed by atoms with Gasteiger partial charge in [-0.1, -0.05) is 0 Å².